The molecule has 352 valence electrons. The molecule has 0 aromatic heterocycles. The Kier molecular flexibility index (Phi) is 18.3. The number of unbranched alkanes of at least 4 members (excludes halogenated alkanes) is 7. The van der Waals surface area contributed by atoms with Crippen molar-refractivity contribution in [2.24, 2.45) is 11.8 Å². The molecule has 8 atom stereocenters. The van der Waals surface area contributed by atoms with Gasteiger partial charge in [-0.15, -0.1) is 47.0 Å². The maximum Gasteiger partial charge on any atom is 0.338 e. The van der Waals surface area contributed by atoms with Crippen LogP contribution in [-0.2, 0) is 44.0 Å². The zero-order chi connectivity index (χ0) is 46.1. The zero-order valence-corrected chi connectivity index (χ0v) is 43.9. The smallest absolute Gasteiger partial charge is 0.338 e. The maximum absolute atomic E-state index is 14.4. The number of carbonyl (C=O) groups is 2. The number of benzene rings is 2. The fourth-order valence-electron chi connectivity index (χ4n) is 9.59. The van der Waals surface area contributed by atoms with Gasteiger partial charge in [0.1, 0.15) is 20.9 Å². The molecule has 14 heteroatoms. The first-order valence-electron chi connectivity index (χ1n) is 23.2. The second-order valence-electron chi connectivity index (χ2n) is 18.1. The summed E-state index contributed by atoms with van der Waals surface area (Å²) < 4.78 is 50.2. The molecule has 8 nitrogen and oxygen atoms in total. The first kappa shape index (κ1) is 51.8. The van der Waals surface area contributed by atoms with Gasteiger partial charge in [0.2, 0.25) is 14.7 Å². The topological polar surface area (TPSA) is 105 Å². The minimum atomic E-state index is -3.02. The Hall–Kier alpha value is -1.62. The molecule has 0 saturated carbocycles. The van der Waals surface area contributed by atoms with Crippen LogP contribution >= 0.6 is 61.8 Å². The fraction of sp³-hybridized carbons (Fsp3) is 0.600. The predicted octanol–water partition coefficient (Wildman–Crippen LogP) is 14.7. The van der Waals surface area contributed by atoms with Gasteiger partial charge in [-0.3, -0.25) is 9.13 Å². The molecule has 2 aromatic carbocycles. The first-order chi connectivity index (χ1) is 30.5. The van der Waals surface area contributed by atoms with Gasteiger partial charge in [0.15, 0.2) is 0 Å². The number of fused-ring (bicyclic) bond motifs is 4. The number of thioether (sulfide) groups is 4. The summed E-state index contributed by atoms with van der Waals surface area (Å²) >= 11 is 7.42. The number of hydrogen-bond acceptors (Lipinski definition) is 12. The van der Waals surface area contributed by atoms with Gasteiger partial charge >= 0.3 is 11.9 Å². The standard InChI is InChI=1S/C50H70O8P2S4/c1-8-57-59(6,53)49(61-36-40-20-18-39(5)19-21-40)43-26-30-47(34-43,63-49)28-16-14-12-10-11-13-15-17-29-48-31-27-44(35-48)50(64-48,60(7,54)58-9-2)62-37-41-22-24-42(25-23-41)46(52)56-33-32-55-45(51)38(3)4/h18-27,30-31,43-44H,3,8-17,28-29,32-37H2,1-2,4-7H3. The largest absolute Gasteiger partial charge is 0.459 e. The number of carbonyl (C=O) groups excluding carboxylic acids is 2. The van der Waals surface area contributed by atoms with E-state index in [1.807, 2.05) is 74.6 Å². The lowest BCUT2D eigenvalue weighted by Gasteiger charge is -2.40. The van der Waals surface area contributed by atoms with E-state index < -0.39 is 34.3 Å². The molecule has 2 aliphatic heterocycles. The van der Waals surface area contributed by atoms with Gasteiger partial charge < -0.3 is 18.5 Å². The first-order valence-corrected chi connectivity index (χ1v) is 30.9. The van der Waals surface area contributed by atoms with Gasteiger partial charge in [-0.25, -0.2) is 9.59 Å². The van der Waals surface area contributed by atoms with Gasteiger partial charge in [0.05, 0.1) is 18.8 Å². The molecule has 8 unspecified atom stereocenters. The van der Waals surface area contributed by atoms with Gasteiger partial charge in [0, 0.05) is 51.7 Å². The third kappa shape index (κ3) is 12.1. The van der Waals surface area contributed by atoms with Crippen molar-refractivity contribution in [2.45, 2.75) is 133 Å². The second kappa shape index (κ2) is 22.7. The Bertz CT molecular complexity index is 2090. The Morgan fingerprint density at radius 1 is 0.688 bits per heavy atom. The summed E-state index contributed by atoms with van der Waals surface area (Å²) in [7, 11) is -5.91. The van der Waals surface area contributed by atoms with E-state index in [0.717, 1.165) is 43.4 Å². The molecule has 2 aromatic rings. The number of rotatable bonds is 28. The average molecular weight is 989 g/mol. The van der Waals surface area contributed by atoms with E-state index in [0.29, 0.717) is 30.1 Å². The van der Waals surface area contributed by atoms with Crippen molar-refractivity contribution in [1.29, 1.82) is 0 Å². The van der Waals surface area contributed by atoms with Crippen LogP contribution in [0, 0.1) is 18.8 Å². The maximum atomic E-state index is 14.4. The molecule has 2 heterocycles. The van der Waals surface area contributed by atoms with Crippen molar-refractivity contribution in [2.75, 3.05) is 39.8 Å². The van der Waals surface area contributed by atoms with E-state index in [4.69, 9.17) is 18.5 Å². The Morgan fingerprint density at radius 2 is 1.11 bits per heavy atom. The third-order valence-electron chi connectivity index (χ3n) is 13.0. The van der Waals surface area contributed by atoms with Gasteiger partial charge in [-0.2, -0.15) is 0 Å². The monoisotopic (exact) mass is 988 g/mol. The lowest BCUT2D eigenvalue weighted by atomic mass is 9.96. The average Bonchev–Trinajstić information content (AvgIpc) is 4.04. The summed E-state index contributed by atoms with van der Waals surface area (Å²) in [5.41, 5.74) is 4.28. The van der Waals surface area contributed by atoms with Crippen LogP contribution < -0.4 is 0 Å². The summed E-state index contributed by atoms with van der Waals surface area (Å²) in [6.45, 7) is 15.6. The summed E-state index contributed by atoms with van der Waals surface area (Å²) in [5, 5.41) is 0. The minimum Gasteiger partial charge on any atom is -0.459 e. The van der Waals surface area contributed by atoms with Gasteiger partial charge in [0.25, 0.3) is 0 Å². The lowest BCUT2D eigenvalue weighted by molar-refractivity contribution is -0.140. The fourth-order valence-corrected chi connectivity index (χ4v) is 24.6. The van der Waals surface area contributed by atoms with Gasteiger partial charge in [-0.05, 0) is 76.6 Å². The van der Waals surface area contributed by atoms with Crippen LogP contribution in [0.4, 0.5) is 0 Å². The molecular formula is C50H70O8P2S4. The van der Waals surface area contributed by atoms with E-state index in [1.54, 1.807) is 30.8 Å². The van der Waals surface area contributed by atoms with E-state index in [9.17, 15) is 18.7 Å². The molecule has 2 aliphatic carbocycles. The normalized spacial score (nSPS) is 28.3. The van der Waals surface area contributed by atoms with E-state index in [2.05, 4.69) is 62.1 Å². The summed E-state index contributed by atoms with van der Waals surface area (Å²) in [5.74, 6) is 0.916. The highest BCUT2D eigenvalue weighted by molar-refractivity contribution is 8.26. The number of allylic oxidation sites excluding steroid dienone is 2. The molecule has 0 amide bonds. The molecule has 4 bridgehead atoms. The van der Waals surface area contributed by atoms with Crippen LogP contribution in [0.3, 0.4) is 0 Å². The SMILES string of the molecule is C=C(C)C(=O)OCCOC(=O)c1ccc(CSC2(P(C)(=O)OCC)SC3(CCCCCCCCCCC45C=CC(C4)C(SCc4ccc(C)cc4)(P(C)(=O)OCC)S5)C=CC2C3)cc1. The Balaban J connectivity index is 0.914. The summed E-state index contributed by atoms with van der Waals surface area (Å²) in [4.78, 5) is 24.1. The van der Waals surface area contributed by atoms with Crippen LogP contribution in [0.2, 0.25) is 0 Å². The van der Waals surface area contributed by atoms with Crippen LogP contribution in [-0.4, -0.2) is 68.8 Å². The molecule has 2 saturated heterocycles. The Morgan fingerprint density at radius 3 is 1.55 bits per heavy atom. The van der Waals surface area contributed by atoms with Crippen molar-refractivity contribution in [1.82, 2.24) is 0 Å². The van der Waals surface area contributed by atoms with E-state index in [1.165, 1.54) is 56.1 Å². The van der Waals surface area contributed by atoms with Gasteiger partial charge in [-0.1, -0.05) is 124 Å². The van der Waals surface area contributed by atoms with Crippen molar-refractivity contribution >= 4 is 73.7 Å². The van der Waals surface area contributed by atoms with Crippen molar-refractivity contribution in [3.05, 3.63) is 107 Å². The lowest BCUT2D eigenvalue weighted by Crippen LogP contribution is -2.29. The number of hydrogen-bond donors (Lipinski definition) is 0. The zero-order valence-electron chi connectivity index (χ0n) is 38.8. The second-order valence-corrected chi connectivity index (χ2v) is 30.9. The number of ether oxygens (including phenoxy) is 2. The van der Waals surface area contributed by atoms with Crippen LogP contribution in [0.1, 0.15) is 125 Å². The highest BCUT2D eigenvalue weighted by Gasteiger charge is 2.65. The van der Waals surface area contributed by atoms with E-state index in [-0.39, 0.29) is 34.5 Å². The number of aryl methyl sites for hydroxylation is 1. The molecule has 0 spiro atoms. The molecule has 0 N–H and O–H groups in total. The highest BCUT2D eigenvalue weighted by Crippen LogP contribution is 2.81. The third-order valence-corrected chi connectivity index (χ3v) is 29.3. The van der Waals surface area contributed by atoms with Crippen molar-refractivity contribution < 1.29 is 37.2 Å². The molecule has 4 aliphatic rings. The minimum absolute atomic E-state index is 0.0247. The van der Waals surface area contributed by atoms with Crippen LogP contribution in [0.15, 0.2) is 85.0 Å². The molecule has 0 radical (unpaired) electrons. The van der Waals surface area contributed by atoms with Crippen molar-refractivity contribution in [3.63, 3.8) is 0 Å². The van der Waals surface area contributed by atoms with E-state index >= 15 is 0 Å². The molecule has 2 fully saturated rings. The van der Waals surface area contributed by atoms with Crippen molar-refractivity contribution in [3.8, 4) is 0 Å². The summed E-state index contributed by atoms with van der Waals surface area (Å²) in [6.07, 6.45) is 23.5. The molecule has 6 rings (SSSR count). The summed E-state index contributed by atoms with van der Waals surface area (Å²) in [6, 6.07) is 16.1. The number of esters is 2. The van der Waals surface area contributed by atoms with Crippen LogP contribution in [0.25, 0.3) is 0 Å². The molecule has 64 heavy (non-hydrogen) atoms. The van der Waals surface area contributed by atoms with Crippen LogP contribution in [0.5, 0.6) is 0 Å². The molecular weight excluding hydrogens is 919 g/mol. The Labute approximate surface area is 400 Å². The quantitative estimate of drug-likeness (QED) is 0.0266. The predicted molar refractivity (Wildman–Crippen MR) is 273 cm³/mol. The highest BCUT2D eigenvalue weighted by atomic mass is 32.2.